The van der Waals surface area contributed by atoms with E-state index >= 15 is 0 Å². The van der Waals surface area contributed by atoms with Crippen molar-refractivity contribution < 1.29 is 0 Å². The summed E-state index contributed by atoms with van der Waals surface area (Å²) in [5.41, 5.74) is 0.958. The van der Waals surface area contributed by atoms with Crippen molar-refractivity contribution in [1.29, 1.82) is 0 Å². The lowest BCUT2D eigenvalue weighted by Gasteiger charge is -2.22. The molecule has 0 amide bonds. The zero-order valence-electron chi connectivity index (χ0n) is 9.65. The summed E-state index contributed by atoms with van der Waals surface area (Å²) in [6.07, 6.45) is 0. The second-order valence-electron chi connectivity index (χ2n) is 5.01. The van der Waals surface area contributed by atoms with Gasteiger partial charge in [0.15, 0.2) is 0 Å². The maximum absolute atomic E-state index is 2.40. The molecule has 0 aromatic heterocycles. The van der Waals surface area contributed by atoms with Crippen LogP contribution < -0.4 is 0 Å². The first-order valence-electron chi connectivity index (χ1n) is 5.28. The molecule has 0 aliphatic rings. The molecule has 0 nitrogen and oxygen atoms in total. The van der Waals surface area contributed by atoms with E-state index in [2.05, 4.69) is 41.5 Å². The van der Waals surface area contributed by atoms with Crippen molar-refractivity contribution in [3.8, 4) is 0 Å². The normalized spacial score (nSPS) is 12.5. The first-order valence-corrected chi connectivity index (χ1v) is 7.27. The molecule has 0 bridgehead atoms. The predicted molar refractivity (Wildman–Crippen MR) is 60.1 cm³/mol. The van der Waals surface area contributed by atoms with E-state index < -0.39 is 0 Å². The largest absolute Gasteiger partial charge is 0.0654 e. The topological polar surface area (TPSA) is 0 Å². The number of hydrogen-bond acceptors (Lipinski definition) is 0. The molecule has 0 rings (SSSR count). The summed E-state index contributed by atoms with van der Waals surface area (Å²) in [5.74, 6) is 1.81. The van der Waals surface area contributed by atoms with E-state index in [0.717, 1.165) is 17.4 Å². The second-order valence-corrected chi connectivity index (χ2v) is 8.30. The van der Waals surface area contributed by atoms with Crippen LogP contribution >= 0.6 is 0 Å². The maximum atomic E-state index is 2.40. The van der Waals surface area contributed by atoms with Gasteiger partial charge >= 0.3 is 0 Å². The smallest absolute Gasteiger partial charge is 0.0511 e. The molecule has 0 atom stereocenters. The average Bonchev–Trinajstić information content (AvgIpc) is 1.83. The Labute approximate surface area is 80.4 Å². The molecule has 0 aromatic carbocycles. The summed E-state index contributed by atoms with van der Waals surface area (Å²) in [5, 5.41) is 0. The molecule has 0 heterocycles. The second kappa shape index (κ2) is 5.79. The zero-order chi connectivity index (χ0) is 9.72. The van der Waals surface area contributed by atoms with Gasteiger partial charge in [0.2, 0.25) is 0 Å². The van der Waals surface area contributed by atoms with Gasteiger partial charge in [0, 0.05) is 0 Å². The van der Waals surface area contributed by atoms with Crippen molar-refractivity contribution in [2.75, 3.05) is 0 Å². The van der Waals surface area contributed by atoms with E-state index in [1.807, 2.05) is 0 Å². The number of rotatable bonds is 5. The van der Waals surface area contributed by atoms with E-state index in [4.69, 9.17) is 0 Å². The fourth-order valence-corrected chi connectivity index (χ4v) is 4.81. The maximum Gasteiger partial charge on any atom is 0.0511 e. The van der Waals surface area contributed by atoms with Crippen LogP contribution in [-0.2, 0) is 0 Å². The summed E-state index contributed by atoms with van der Waals surface area (Å²) in [6, 6.07) is 3.00. The molecular weight excluding hydrogens is 160 g/mol. The molecule has 0 N–H and O–H groups in total. The van der Waals surface area contributed by atoms with Crippen molar-refractivity contribution in [1.82, 2.24) is 0 Å². The molecule has 0 fully saturated rings. The molecule has 0 aliphatic heterocycles. The van der Waals surface area contributed by atoms with Crippen molar-refractivity contribution >= 4 is 8.80 Å². The van der Waals surface area contributed by atoms with Gasteiger partial charge in [-0.05, 0) is 11.8 Å². The minimum atomic E-state index is -0.0607. The molecule has 0 aliphatic carbocycles. The average molecular weight is 185 g/mol. The van der Waals surface area contributed by atoms with E-state index in [9.17, 15) is 0 Å². The Morgan fingerprint density at radius 3 is 1.25 bits per heavy atom. The van der Waals surface area contributed by atoms with E-state index in [-0.39, 0.29) is 8.80 Å². The minimum absolute atomic E-state index is 0.0607. The highest BCUT2D eigenvalue weighted by Gasteiger charge is 2.17. The Kier molecular flexibility index (Phi) is 5.90. The van der Waals surface area contributed by atoms with E-state index in [1.165, 1.54) is 12.1 Å². The molecule has 0 spiro atoms. The molecule has 0 aromatic rings. The molecular formula is C11H25Si. The van der Waals surface area contributed by atoms with Crippen LogP contribution in [0.3, 0.4) is 0 Å². The molecule has 73 valence electrons. The quantitative estimate of drug-likeness (QED) is 0.563. The van der Waals surface area contributed by atoms with Crippen molar-refractivity contribution in [2.24, 2.45) is 11.8 Å². The van der Waals surface area contributed by atoms with Gasteiger partial charge in [-0.15, -0.1) is 0 Å². The summed E-state index contributed by atoms with van der Waals surface area (Å²) >= 11 is 0. The Morgan fingerprint density at radius 1 is 0.750 bits per heavy atom. The highest BCUT2D eigenvalue weighted by molar-refractivity contribution is 6.60. The molecule has 0 unspecified atom stereocenters. The molecule has 1 heteroatoms. The number of hydrogen-bond donors (Lipinski definition) is 0. The van der Waals surface area contributed by atoms with Gasteiger partial charge in [0.25, 0.3) is 0 Å². The monoisotopic (exact) mass is 185 g/mol. The summed E-state index contributed by atoms with van der Waals surface area (Å²) in [6.45, 7) is 14.2. The standard InChI is InChI=1S/C11H25Si/c1-9(2)7-12(11(5)6)8-10(3)4/h9-11H,7-8H2,1-6H3. The van der Waals surface area contributed by atoms with Crippen molar-refractivity contribution in [2.45, 2.75) is 59.2 Å². The Bertz CT molecular complexity index is 95.6. The van der Waals surface area contributed by atoms with Gasteiger partial charge in [-0.1, -0.05) is 59.2 Å². The van der Waals surface area contributed by atoms with Crippen LogP contribution in [0.5, 0.6) is 0 Å². The lowest BCUT2D eigenvalue weighted by atomic mass is 10.3. The minimum Gasteiger partial charge on any atom is -0.0654 e. The van der Waals surface area contributed by atoms with Crippen molar-refractivity contribution in [3.05, 3.63) is 0 Å². The third-order valence-electron chi connectivity index (χ3n) is 2.16. The van der Waals surface area contributed by atoms with Gasteiger partial charge in [-0.25, -0.2) is 0 Å². The van der Waals surface area contributed by atoms with Gasteiger partial charge in [-0.3, -0.25) is 0 Å². The van der Waals surface area contributed by atoms with E-state index in [1.54, 1.807) is 0 Å². The van der Waals surface area contributed by atoms with Gasteiger partial charge < -0.3 is 0 Å². The fourth-order valence-electron chi connectivity index (χ4n) is 1.60. The van der Waals surface area contributed by atoms with Crippen LogP contribution in [0.2, 0.25) is 17.6 Å². The summed E-state index contributed by atoms with van der Waals surface area (Å²) in [4.78, 5) is 0. The van der Waals surface area contributed by atoms with Crippen LogP contribution in [0.4, 0.5) is 0 Å². The fraction of sp³-hybridized carbons (Fsp3) is 1.00. The van der Waals surface area contributed by atoms with Crippen LogP contribution in [0, 0.1) is 11.8 Å². The van der Waals surface area contributed by atoms with Crippen LogP contribution in [0.1, 0.15) is 41.5 Å². The zero-order valence-corrected chi connectivity index (χ0v) is 10.6. The molecule has 1 radical (unpaired) electrons. The van der Waals surface area contributed by atoms with Crippen LogP contribution in [0.25, 0.3) is 0 Å². The van der Waals surface area contributed by atoms with Gasteiger partial charge in [-0.2, -0.15) is 0 Å². The Morgan fingerprint density at radius 2 is 1.08 bits per heavy atom. The van der Waals surface area contributed by atoms with Crippen LogP contribution in [-0.4, -0.2) is 8.80 Å². The third kappa shape index (κ3) is 5.82. The summed E-state index contributed by atoms with van der Waals surface area (Å²) < 4.78 is 0. The molecule has 12 heavy (non-hydrogen) atoms. The van der Waals surface area contributed by atoms with Gasteiger partial charge in [0.05, 0.1) is 8.80 Å². The van der Waals surface area contributed by atoms with Gasteiger partial charge in [0.1, 0.15) is 0 Å². The SMILES string of the molecule is CC(C)C[Si](CC(C)C)C(C)C. The predicted octanol–water partition coefficient (Wildman–Crippen LogP) is 4.20. The van der Waals surface area contributed by atoms with Crippen molar-refractivity contribution in [3.63, 3.8) is 0 Å². The highest BCUT2D eigenvalue weighted by atomic mass is 28.3. The lowest BCUT2D eigenvalue weighted by molar-refractivity contribution is 0.678. The Balaban J connectivity index is 3.87. The first-order chi connectivity index (χ1) is 5.43. The first kappa shape index (κ1) is 12.2. The highest BCUT2D eigenvalue weighted by Crippen LogP contribution is 2.23. The molecule has 0 saturated heterocycles. The lowest BCUT2D eigenvalue weighted by Crippen LogP contribution is -2.20. The summed E-state index contributed by atoms with van der Waals surface area (Å²) in [7, 11) is -0.0607. The molecule has 0 saturated carbocycles. The third-order valence-corrected chi connectivity index (χ3v) is 6.47. The van der Waals surface area contributed by atoms with E-state index in [0.29, 0.717) is 0 Å². The van der Waals surface area contributed by atoms with Crippen LogP contribution in [0.15, 0.2) is 0 Å². The Hall–Kier alpha value is 0.217.